The molecule has 3 nitrogen and oxygen atoms in total. The Bertz CT molecular complexity index is 508. The zero-order valence-corrected chi connectivity index (χ0v) is 9.10. The quantitative estimate of drug-likeness (QED) is 0.863. The predicted octanol–water partition coefficient (Wildman–Crippen LogP) is 3.83. The van der Waals surface area contributed by atoms with Crippen molar-refractivity contribution in [3.8, 4) is 0 Å². The van der Waals surface area contributed by atoms with Gasteiger partial charge in [0.15, 0.2) is 0 Å². The van der Waals surface area contributed by atoms with Crippen molar-refractivity contribution in [3.05, 3.63) is 41.2 Å². The van der Waals surface area contributed by atoms with Crippen molar-refractivity contribution >= 4 is 23.2 Å². The van der Waals surface area contributed by atoms with E-state index in [0.29, 0.717) is 11.6 Å². The van der Waals surface area contributed by atoms with Crippen molar-refractivity contribution in [2.24, 2.45) is 0 Å². The van der Waals surface area contributed by atoms with E-state index in [9.17, 15) is 13.2 Å². The summed E-state index contributed by atoms with van der Waals surface area (Å²) in [6.45, 7) is 0. The maximum atomic E-state index is 12.4. The van der Waals surface area contributed by atoms with Crippen molar-refractivity contribution in [1.82, 2.24) is 9.97 Å². The van der Waals surface area contributed by atoms with Gasteiger partial charge in [-0.3, -0.25) is 0 Å². The van der Waals surface area contributed by atoms with Crippen molar-refractivity contribution in [1.29, 1.82) is 0 Å². The van der Waals surface area contributed by atoms with Crippen LogP contribution in [0.2, 0.25) is 5.02 Å². The van der Waals surface area contributed by atoms with Gasteiger partial charge in [-0.15, -0.1) is 0 Å². The monoisotopic (exact) mass is 261 g/mol. The van der Waals surface area contributed by atoms with Gasteiger partial charge in [0.25, 0.3) is 0 Å². The minimum atomic E-state index is -4.40. The highest BCUT2D eigenvalue weighted by Gasteiger charge is 2.30. The Morgan fingerprint density at radius 3 is 2.59 bits per heavy atom. The standard InChI is InChI=1S/C10H7ClF3N3/c11-7-5-6(10(12,13)14)1-2-8(7)17-9-15-3-4-16-9/h1-5H,(H2,15,16,17). The molecule has 0 saturated carbocycles. The molecule has 0 aliphatic carbocycles. The van der Waals surface area contributed by atoms with Crippen LogP contribution >= 0.6 is 11.6 Å². The molecule has 0 radical (unpaired) electrons. The molecule has 7 heteroatoms. The second-order valence-electron chi connectivity index (χ2n) is 3.26. The molecule has 0 unspecified atom stereocenters. The maximum Gasteiger partial charge on any atom is 0.416 e. The molecule has 1 aromatic heterocycles. The van der Waals surface area contributed by atoms with E-state index in [1.165, 1.54) is 12.3 Å². The van der Waals surface area contributed by atoms with E-state index >= 15 is 0 Å². The fourth-order valence-corrected chi connectivity index (χ4v) is 1.48. The molecule has 0 spiro atoms. The highest BCUT2D eigenvalue weighted by atomic mass is 35.5. The van der Waals surface area contributed by atoms with Crippen LogP contribution in [0.1, 0.15) is 5.56 Å². The van der Waals surface area contributed by atoms with E-state index < -0.39 is 11.7 Å². The summed E-state index contributed by atoms with van der Waals surface area (Å²) in [5.74, 6) is 0.409. The number of alkyl halides is 3. The Labute approximate surface area is 99.6 Å². The molecule has 0 atom stereocenters. The third kappa shape index (κ3) is 2.71. The van der Waals surface area contributed by atoms with Crippen LogP contribution in [0, 0.1) is 0 Å². The number of aromatic nitrogens is 2. The highest BCUT2D eigenvalue weighted by Crippen LogP contribution is 2.34. The Morgan fingerprint density at radius 1 is 1.29 bits per heavy atom. The third-order valence-corrected chi connectivity index (χ3v) is 2.36. The first kappa shape index (κ1) is 11.8. The Balaban J connectivity index is 2.26. The number of benzene rings is 1. The van der Waals surface area contributed by atoms with Crippen molar-refractivity contribution in [3.63, 3.8) is 0 Å². The van der Waals surface area contributed by atoms with E-state index in [1.807, 2.05) is 0 Å². The van der Waals surface area contributed by atoms with Gasteiger partial charge in [0.05, 0.1) is 16.3 Å². The average Bonchev–Trinajstić information content (AvgIpc) is 2.72. The van der Waals surface area contributed by atoms with Crippen LogP contribution in [0.3, 0.4) is 0 Å². The summed E-state index contributed by atoms with van der Waals surface area (Å²) in [6, 6.07) is 3.08. The van der Waals surface area contributed by atoms with Crippen LogP contribution in [-0.4, -0.2) is 9.97 Å². The van der Waals surface area contributed by atoms with Gasteiger partial charge in [-0.25, -0.2) is 4.98 Å². The van der Waals surface area contributed by atoms with Crippen molar-refractivity contribution < 1.29 is 13.2 Å². The van der Waals surface area contributed by atoms with Gasteiger partial charge in [-0.2, -0.15) is 13.2 Å². The molecule has 0 fully saturated rings. The van der Waals surface area contributed by atoms with Gasteiger partial charge in [0.1, 0.15) is 0 Å². The number of hydrogen-bond donors (Lipinski definition) is 2. The number of halogens is 4. The molecule has 0 bridgehead atoms. The van der Waals surface area contributed by atoms with E-state index in [2.05, 4.69) is 15.3 Å². The predicted molar refractivity (Wildman–Crippen MR) is 58.3 cm³/mol. The molecule has 2 N–H and O–H groups in total. The normalized spacial score (nSPS) is 11.5. The number of imidazole rings is 1. The fourth-order valence-electron chi connectivity index (χ4n) is 1.25. The number of aromatic amines is 1. The number of nitrogens with zero attached hydrogens (tertiary/aromatic N) is 1. The molecule has 1 aromatic carbocycles. The first-order valence-electron chi connectivity index (χ1n) is 4.60. The Hall–Kier alpha value is -1.69. The highest BCUT2D eigenvalue weighted by molar-refractivity contribution is 6.33. The van der Waals surface area contributed by atoms with Gasteiger partial charge in [-0.05, 0) is 18.2 Å². The molecular weight excluding hydrogens is 255 g/mol. The van der Waals surface area contributed by atoms with Crippen molar-refractivity contribution in [2.45, 2.75) is 6.18 Å². The van der Waals surface area contributed by atoms with Crippen LogP contribution in [0.4, 0.5) is 24.8 Å². The molecule has 1 heterocycles. The molecule has 0 aliphatic rings. The van der Waals surface area contributed by atoms with Crippen LogP contribution in [0.5, 0.6) is 0 Å². The summed E-state index contributed by atoms with van der Waals surface area (Å²) in [5.41, 5.74) is -0.429. The van der Waals surface area contributed by atoms with Crippen LogP contribution in [0.15, 0.2) is 30.6 Å². The molecule has 90 valence electrons. The SMILES string of the molecule is FC(F)(F)c1ccc(Nc2ncc[nH]2)c(Cl)c1. The number of hydrogen-bond acceptors (Lipinski definition) is 2. The Kier molecular flexibility index (Phi) is 2.97. The molecule has 0 saturated heterocycles. The average molecular weight is 262 g/mol. The minimum absolute atomic E-state index is 0.0174. The minimum Gasteiger partial charge on any atom is -0.331 e. The number of anilines is 2. The van der Waals surface area contributed by atoms with Gasteiger partial charge in [-0.1, -0.05) is 11.6 Å². The fraction of sp³-hybridized carbons (Fsp3) is 0.100. The molecule has 17 heavy (non-hydrogen) atoms. The first-order valence-corrected chi connectivity index (χ1v) is 4.98. The second kappa shape index (κ2) is 4.29. The maximum absolute atomic E-state index is 12.4. The number of nitrogens with one attached hydrogen (secondary N) is 2. The second-order valence-corrected chi connectivity index (χ2v) is 3.66. The zero-order valence-electron chi connectivity index (χ0n) is 8.35. The van der Waals surface area contributed by atoms with E-state index in [0.717, 1.165) is 12.1 Å². The number of rotatable bonds is 2. The van der Waals surface area contributed by atoms with Crippen LogP contribution < -0.4 is 5.32 Å². The summed E-state index contributed by atoms with van der Waals surface area (Å²) < 4.78 is 37.1. The lowest BCUT2D eigenvalue weighted by atomic mass is 10.2. The van der Waals surface area contributed by atoms with E-state index in [4.69, 9.17) is 11.6 Å². The summed E-state index contributed by atoms with van der Waals surface area (Å²) in [6.07, 6.45) is -1.30. The van der Waals surface area contributed by atoms with Gasteiger partial charge in [0, 0.05) is 12.4 Å². The van der Waals surface area contributed by atoms with Gasteiger partial charge >= 0.3 is 6.18 Å². The lowest BCUT2D eigenvalue weighted by Crippen LogP contribution is -2.05. The smallest absolute Gasteiger partial charge is 0.331 e. The summed E-state index contributed by atoms with van der Waals surface area (Å²) in [4.78, 5) is 6.63. The van der Waals surface area contributed by atoms with E-state index in [1.54, 1.807) is 6.20 Å². The van der Waals surface area contributed by atoms with E-state index in [-0.39, 0.29) is 5.02 Å². The van der Waals surface area contributed by atoms with Crippen molar-refractivity contribution in [2.75, 3.05) is 5.32 Å². The first-order chi connectivity index (χ1) is 7.97. The molecule has 0 aliphatic heterocycles. The lowest BCUT2D eigenvalue weighted by Gasteiger charge is -2.10. The number of H-pyrrole nitrogens is 1. The third-order valence-electron chi connectivity index (χ3n) is 2.05. The van der Waals surface area contributed by atoms with Gasteiger partial charge < -0.3 is 10.3 Å². The molecular formula is C10H7ClF3N3. The molecule has 2 rings (SSSR count). The zero-order chi connectivity index (χ0) is 12.5. The summed E-state index contributed by atoms with van der Waals surface area (Å²) in [5, 5.41) is 2.75. The summed E-state index contributed by atoms with van der Waals surface area (Å²) in [7, 11) is 0. The largest absolute Gasteiger partial charge is 0.416 e. The molecule has 2 aromatic rings. The van der Waals surface area contributed by atoms with Gasteiger partial charge in [0.2, 0.25) is 5.95 Å². The summed E-state index contributed by atoms with van der Waals surface area (Å²) >= 11 is 5.75. The lowest BCUT2D eigenvalue weighted by molar-refractivity contribution is -0.137. The Morgan fingerprint density at radius 2 is 2.06 bits per heavy atom. The molecule has 0 amide bonds. The van der Waals surface area contributed by atoms with Crippen LogP contribution in [-0.2, 0) is 6.18 Å². The van der Waals surface area contributed by atoms with Crippen LogP contribution in [0.25, 0.3) is 0 Å². The topological polar surface area (TPSA) is 40.7 Å².